The zero-order valence-corrected chi connectivity index (χ0v) is 55.4. The number of anilines is 2. The van der Waals surface area contributed by atoms with Crippen LogP contribution in [0.25, 0.3) is 32.9 Å². The first-order valence-corrected chi connectivity index (χ1v) is 34.1. The number of aromatic nitrogens is 3. The van der Waals surface area contributed by atoms with Crippen molar-refractivity contribution in [2.24, 2.45) is 5.92 Å². The number of carbonyl (C=O) groups is 3. The van der Waals surface area contributed by atoms with E-state index >= 15 is 4.39 Å². The van der Waals surface area contributed by atoms with Crippen LogP contribution >= 0.6 is 0 Å². The van der Waals surface area contributed by atoms with Crippen molar-refractivity contribution < 1.29 is 46.4 Å². The molecule has 4 aromatic carbocycles. The monoisotopic (exact) mass is 1320 g/mol. The number of amides is 2. The summed E-state index contributed by atoms with van der Waals surface area (Å²) < 4.78 is 71.9. The topological polar surface area (TPSA) is 225 Å². The molecule has 6 saturated heterocycles. The fourth-order valence-corrected chi connectivity index (χ4v) is 16.4. The van der Waals surface area contributed by atoms with Crippen molar-refractivity contribution in [2.75, 3.05) is 103 Å². The zero-order chi connectivity index (χ0) is 67.1. The number of ether oxygens (including phenoxy) is 2. The molecular formula is C71H86F3N13O7S. The number of piperazine rings is 1. The number of hydrogen-bond donors (Lipinski definition) is 5. The standard InChI is InChI=1S/C37H36F2N6O4.C34H50FN7O3S/c1-3-27-30(38)9-6-22-11-26(47)12-28(31(22)27)33-32(39)34-29(14-40-33)35(44-16-23-7-8-24(17-44)41-23)43-36(42-34)49-19-37-10-4-5-25(18-48-20-46)45(37)15-21(2)13-37;1-25(20-26-6-5-7-30(21-26)46(45)42-18-12-29(37-2)13-19-42)23-40-15-10-27(11-16-40)28-8-9-31(32(22-28)38-3)34(36)41(24-43)17-14-33(44)39(4)35/h1,6,9,11-12,14,20,23-25,41,47H,2,4-5,7-8,10,13,15-19H2;5-9,21-22,24-25,27,29,36-38H,10-20,23H2,1-4H3/t23?,24?,25-,37-;/m0./s1. The summed E-state index contributed by atoms with van der Waals surface area (Å²) in [6.07, 6.45) is 18.1. The van der Waals surface area contributed by atoms with Gasteiger partial charge in [-0.1, -0.05) is 53.7 Å². The van der Waals surface area contributed by atoms with Gasteiger partial charge in [-0.15, -0.1) is 6.42 Å². The third-order valence-corrected chi connectivity index (χ3v) is 21.4. The summed E-state index contributed by atoms with van der Waals surface area (Å²) in [5.74, 6) is 1.45. The zero-order valence-electron chi connectivity index (χ0n) is 54.6. The van der Waals surface area contributed by atoms with E-state index in [1.54, 1.807) is 7.05 Å². The van der Waals surface area contributed by atoms with Crippen LogP contribution in [0.1, 0.15) is 106 Å². The average Bonchev–Trinajstić information content (AvgIpc) is 1.51. The van der Waals surface area contributed by atoms with Crippen LogP contribution in [0.4, 0.5) is 24.8 Å². The second-order valence-corrected chi connectivity index (χ2v) is 27.8. The van der Waals surface area contributed by atoms with E-state index in [0.29, 0.717) is 79.0 Å². The van der Waals surface area contributed by atoms with Crippen molar-refractivity contribution in [1.82, 2.24) is 49.7 Å². The van der Waals surface area contributed by atoms with E-state index in [1.807, 2.05) is 31.3 Å². The van der Waals surface area contributed by atoms with Crippen LogP contribution < -0.4 is 25.6 Å². The van der Waals surface area contributed by atoms with Crippen molar-refractivity contribution in [3.8, 4) is 35.4 Å². The molecule has 6 aliphatic heterocycles. The predicted molar refractivity (Wildman–Crippen MR) is 362 cm³/mol. The van der Waals surface area contributed by atoms with Crippen LogP contribution in [0.2, 0.25) is 0 Å². The molecule has 504 valence electrons. The number of nitrogens with one attached hydrogen (secondary N) is 4. The van der Waals surface area contributed by atoms with Crippen LogP contribution in [0.3, 0.4) is 0 Å². The molecular weight excluding hydrogens is 1240 g/mol. The molecule has 2 amide bonds. The first-order valence-electron chi connectivity index (χ1n) is 33.0. The average molecular weight is 1320 g/mol. The lowest BCUT2D eigenvalue weighted by Crippen LogP contribution is -2.57. The number of pyridine rings is 1. The van der Waals surface area contributed by atoms with E-state index in [0.717, 1.165) is 125 Å². The summed E-state index contributed by atoms with van der Waals surface area (Å²) in [7, 11) is 3.68. The lowest BCUT2D eigenvalue weighted by atomic mass is 9.84. The lowest BCUT2D eigenvalue weighted by molar-refractivity contribution is -0.143. The summed E-state index contributed by atoms with van der Waals surface area (Å²) in [5.41, 5.74) is 4.36. The smallest absolute Gasteiger partial charge is 0.319 e. The molecule has 5 N–H and O–H groups in total. The summed E-state index contributed by atoms with van der Waals surface area (Å²) in [6.45, 7) is 14.2. The molecule has 4 unspecified atom stereocenters. The van der Waals surface area contributed by atoms with Gasteiger partial charge in [-0.2, -0.15) is 15.1 Å². The van der Waals surface area contributed by atoms with Crippen molar-refractivity contribution in [3.63, 3.8) is 0 Å². The van der Waals surface area contributed by atoms with Gasteiger partial charge in [0, 0.05) is 119 Å². The molecule has 0 radical (unpaired) electrons. The first kappa shape index (κ1) is 68.3. The highest BCUT2D eigenvalue weighted by atomic mass is 32.2. The third kappa shape index (κ3) is 15.3. The van der Waals surface area contributed by atoms with Gasteiger partial charge >= 0.3 is 6.01 Å². The number of rotatable bonds is 22. The number of terminal acetylenes is 1. The number of likely N-dealkylation sites (tertiary alicyclic amines) is 1. The molecule has 24 heteroatoms. The van der Waals surface area contributed by atoms with Crippen molar-refractivity contribution in [2.45, 2.75) is 124 Å². The Morgan fingerprint density at radius 2 is 1.78 bits per heavy atom. The Morgan fingerprint density at radius 3 is 2.48 bits per heavy atom. The molecule has 2 bridgehead atoms. The summed E-state index contributed by atoms with van der Waals surface area (Å²) >= 11 is 0. The maximum Gasteiger partial charge on any atom is 0.319 e. The number of nitrogens with zero attached hydrogens (tertiary/aromatic N) is 9. The number of aromatic hydroxyl groups is 1. The van der Waals surface area contributed by atoms with Gasteiger partial charge in [-0.25, -0.2) is 17.3 Å². The van der Waals surface area contributed by atoms with E-state index in [-0.39, 0.29) is 94.7 Å². The largest absolute Gasteiger partial charge is 0.508 e. The summed E-state index contributed by atoms with van der Waals surface area (Å²) in [6, 6.07) is 20.9. The Labute approximate surface area is 556 Å². The second-order valence-electron chi connectivity index (χ2n) is 26.4. The van der Waals surface area contributed by atoms with Crippen molar-refractivity contribution in [1.29, 1.82) is 5.41 Å². The molecule has 0 aliphatic carbocycles. The minimum absolute atomic E-state index is 0.00266. The van der Waals surface area contributed by atoms with Crippen LogP contribution in [-0.2, 0) is 36.5 Å². The van der Waals surface area contributed by atoms with Crippen molar-refractivity contribution >= 4 is 68.8 Å². The van der Waals surface area contributed by atoms with Gasteiger partial charge in [0.05, 0.1) is 21.4 Å². The number of hydrogen-bond acceptors (Lipinski definition) is 17. The molecule has 6 fully saturated rings. The van der Waals surface area contributed by atoms with Crippen LogP contribution in [0.15, 0.2) is 90.0 Å². The van der Waals surface area contributed by atoms with E-state index in [1.165, 1.54) is 41.6 Å². The number of fused-ring (bicyclic) bond motifs is 5. The molecule has 0 spiro atoms. The molecule has 6 aliphatic rings. The summed E-state index contributed by atoms with van der Waals surface area (Å²) in [4.78, 5) is 57.4. The SMILES string of the molecule is C#Cc1c(F)ccc2cc(O)cc(-c3ncc4c(N5CC6CCC(C5)N6)nc(OC[C@@]56CCC[C@@H](COC=O)N5CC(=C)C6)nc4c3F)c12.CNc1cc(C2CCN(CC(C)Cc3cccc(S(=O)N4CCC(NC)CC4)c3)CC2)ccc1C(=N)N(C=O)CCC(=O)N(C)F. The quantitative estimate of drug-likeness (QED) is 0.0107. The molecule has 12 rings (SSSR count). The first-order chi connectivity index (χ1) is 45.9. The van der Waals surface area contributed by atoms with Gasteiger partial charge < -0.3 is 40.3 Å². The second kappa shape index (κ2) is 30.4. The number of piperidine rings is 3. The minimum atomic E-state index is -1.12. The number of phenolic OH excluding ortho intramolecular Hbond substituents is 1. The highest BCUT2D eigenvalue weighted by Gasteiger charge is 2.49. The lowest BCUT2D eigenvalue weighted by Gasteiger charge is -2.46. The van der Waals surface area contributed by atoms with Crippen molar-refractivity contribution in [3.05, 3.63) is 119 Å². The van der Waals surface area contributed by atoms with Gasteiger partial charge in [0.15, 0.2) is 5.82 Å². The number of benzene rings is 4. The fraction of sp³-hybridized carbons (Fsp3) is 0.479. The van der Waals surface area contributed by atoms with Crippen LogP contribution in [-0.4, -0.2) is 196 Å². The molecule has 2 aromatic heterocycles. The number of phenols is 1. The number of amidine groups is 1. The summed E-state index contributed by atoms with van der Waals surface area (Å²) in [5, 5.41) is 30.4. The molecule has 20 nitrogen and oxygen atoms in total. The van der Waals surface area contributed by atoms with E-state index in [2.05, 4.69) is 82.5 Å². The highest BCUT2D eigenvalue weighted by molar-refractivity contribution is 7.82. The Morgan fingerprint density at radius 1 is 1.01 bits per heavy atom. The minimum Gasteiger partial charge on any atom is -0.508 e. The molecule has 95 heavy (non-hydrogen) atoms. The Hall–Kier alpha value is -8.05. The highest BCUT2D eigenvalue weighted by Crippen LogP contribution is 2.44. The van der Waals surface area contributed by atoms with Gasteiger partial charge in [-0.3, -0.25) is 34.6 Å². The number of halogens is 3. The van der Waals surface area contributed by atoms with Gasteiger partial charge in [-0.05, 0) is 162 Å². The maximum absolute atomic E-state index is 16.9. The van der Waals surface area contributed by atoms with Crippen LogP contribution in [0, 0.1) is 35.3 Å². The van der Waals surface area contributed by atoms with E-state index < -0.39 is 34.1 Å². The normalized spacial score (nSPS) is 21.7. The predicted octanol–water partition coefficient (Wildman–Crippen LogP) is 8.87. The van der Waals surface area contributed by atoms with Crippen LogP contribution in [0.5, 0.6) is 11.8 Å². The number of carbonyl (C=O) groups excluding carboxylic acids is 3. The van der Waals surface area contributed by atoms with E-state index in [4.69, 9.17) is 26.3 Å². The Balaban J connectivity index is 0.000000194. The molecule has 6 atom stereocenters. The maximum atomic E-state index is 16.9. The van der Waals surface area contributed by atoms with Gasteiger partial charge in [0.1, 0.15) is 58.6 Å². The van der Waals surface area contributed by atoms with E-state index in [9.17, 15) is 32.6 Å². The third-order valence-electron chi connectivity index (χ3n) is 19.9. The van der Waals surface area contributed by atoms with Gasteiger partial charge in [0.25, 0.3) is 12.4 Å². The van der Waals surface area contributed by atoms with Gasteiger partial charge in [0.2, 0.25) is 6.41 Å². The Bertz CT molecular complexity index is 3890. The Kier molecular flexibility index (Phi) is 21.8. The molecule has 6 aromatic rings. The molecule has 8 heterocycles. The fourth-order valence-electron chi connectivity index (χ4n) is 15.1. The molecule has 0 saturated carbocycles.